The van der Waals surface area contributed by atoms with Gasteiger partial charge in [-0.25, -0.2) is 4.39 Å². The lowest BCUT2D eigenvalue weighted by Gasteiger charge is -2.17. The monoisotopic (exact) mass is 287 g/mol. The van der Waals surface area contributed by atoms with Gasteiger partial charge in [0.1, 0.15) is 5.82 Å². The van der Waals surface area contributed by atoms with E-state index in [2.05, 4.69) is 18.4 Å². The van der Waals surface area contributed by atoms with E-state index in [9.17, 15) is 4.39 Å². The molecule has 1 aromatic carbocycles. The van der Waals surface area contributed by atoms with Crippen molar-refractivity contribution in [1.29, 1.82) is 0 Å². The van der Waals surface area contributed by atoms with Gasteiger partial charge in [0.15, 0.2) is 0 Å². The first-order valence-electron chi connectivity index (χ1n) is 7.78. The molecule has 2 heterocycles. The van der Waals surface area contributed by atoms with Crippen LogP contribution in [0.5, 0.6) is 0 Å². The van der Waals surface area contributed by atoms with Crippen LogP contribution in [0.15, 0.2) is 24.3 Å². The minimum Gasteiger partial charge on any atom is -0.376 e. The molecular weight excluding hydrogens is 265 g/mol. The molecule has 1 aromatic heterocycles. The summed E-state index contributed by atoms with van der Waals surface area (Å²) in [5.41, 5.74) is 6.83. The van der Waals surface area contributed by atoms with Crippen LogP contribution in [0.2, 0.25) is 0 Å². The highest BCUT2D eigenvalue weighted by atomic mass is 19.1. The van der Waals surface area contributed by atoms with Gasteiger partial charge >= 0.3 is 0 Å². The fraction of sp³-hybridized carbons (Fsp3) is 0.444. The number of fused-ring (bicyclic) bond motifs is 1. The maximum absolute atomic E-state index is 13.1. The summed E-state index contributed by atoms with van der Waals surface area (Å²) >= 11 is 0. The van der Waals surface area contributed by atoms with Crippen LogP contribution >= 0.6 is 0 Å². The molecule has 0 radical (unpaired) electrons. The molecule has 21 heavy (non-hydrogen) atoms. The summed E-state index contributed by atoms with van der Waals surface area (Å²) in [4.78, 5) is 0. The number of benzene rings is 1. The van der Waals surface area contributed by atoms with Crippen molar-refractivity contribution in [1.82, 2.24) is 4.57 Å². The quantitative estimate of drug-likeness (QED) is 0.832. The lowest BCUT2D eigenvalue weighted by atomic mass is 10.0. The van der Waals surface area contributed by atoms with Crippen molar-refractivity contribution in [2.24, 2.45) is 0 Å². The number of hydrogen-bond donors (Lipinski definition) is 0. The highest BCUT2D eigenvalue weighted by molar-refractivity contribution is 5.40. The molecule has 2 nitrogen and oxygen atoms in total. The van der Waals surface area contributed by atoms with E-state index in [1.165, 1.54) is 22.5 Å². The van der Waals surface area contributed by atoms with Crippen molar-refractivity contribution in [2.75, 3.05) is 6.61 Å². The topological polar surface area (TPSA) is 14.2 Å². The minimum atomic E-state index is -0.174. The fourth-order valence-electron chi connectivity index (χ4n) is 3.42. The van der Waals surface area contributed by atoms with Crippen LogP contribution in [0.1, 0.15) is 41.9 Å². The number of ether oxygens (including phenoxy) is 1. The van der Waals surface area contributed by atoms with Crippen LogP contribution in [0.25, 0.3) is 0 Å². The molecule has 0 N–H and O–H groups in total. The molecule has 0 bridgehead atoms. The normalized spacial score (nSPS) is 14.2. The molecule has 112 valence electrons. The third-order valence-electron chi connectivity index (χ3n) is 4.38. The van der Waals surface area contributed by atoms with Gasteiger partial charge in [-0.2, -0.15) is 0 Å². The Bertz CT molecular complexity index is 614. The molecule has 0 fully saturated rings. The molecule has 1 aliphatic heterocycles. The first-order chi connectivity index (χ1) is 10.2. The zero-order valence-corrected chi connectivity index (χ0v) is 12.8. The molecule has 0 spiro atoms. The second kappa shape index (κ2) is 6.02. The molecule has 0 amide bonds. The maximum Gasteiger partial charge on any atom is 0.123 e. The van der Waals surface area contributed by atoms with E-state index in [4.69, 9.17) is 4.74 Å². The van der Waals surface area contributed by atoms with Crippen LogP contribution in [0, 0.1) is 5.82 Å². The van der Waals surface area contributed by atoms with Gasteiger partial charge in [-0.15, -0.1) is 0 Å². The van der Waals surface area contributed by atoms with Crippen LogP contribution in [-0.4, -0.2) is 11.2 Å². The lowest BCUT2D eigenvalue weighted by Crippen LogP contribution is -2.15. The first kappa shape index (κ1) is 14.3. The number of hydrogen-bond acceptors (Lipinski definition) is 1. The average Bonchev–Trinajstić information content (AvgIpc) is 2.82. The standard InChI is InChI=1S/C18H22FNO/c1-3-15-16-12-21-10-9-18(16)20(17(15)4-2)11-13-5-7-14(19)8-6-13/h5-8H,3-4,9-12H2,1-2H3. The highest BCUT2D eigenvalue weighted by Gasteiger charge is 2.23. The molecule has 3 rings (SSSR count). The van der Waals surface area contributed by atoms with E-state index in [-0.39, 0.29) is 5.82 Å². The summed E-state index contributed by atoms with van der Waals surface area (Å²) in [5, 5.41) is 0. The van der Waals surface area contributed by atoms with Gasteiger partial charge in [0.2, 0.25) is 0 Å². The van der Waals surface area contributed by atoms with Gasteiger partial charge in [0, 0.05) is 29.9 Å². The van der Waals surface area contributed by atoms with Gasteiger partial charge in [-0.05, 0) is 36.1 Å². The molecule has 0 saturated carbocycles. The Labute approximate surface area is 125 Å². The molecule has 0 aliphatic carbocycles. The Kier molecular flexibility index (Phi) is 4.11. The number of aromatic nitrogens is 1. The van der Waals surface area contributed by atoms with Crippen molar-refractivity contribution in [2.45, 2.75) is 46.3 Å². The minimum absolute atomic E-state index is 0.174. The van der Waals surface area contributed by atoms with E-state index >= 15 is 0 Å². The van der Waals surface area contributed by atoms with Gasteiger partial charge in [0.25, 0.3) is 0 Å². The van der Waals surface area contributed by atoms with Crippen molar-refractivity contribution >= 4 is 0 Å². The van der Waals surface area contributed by atoms with Crippen LogP contribution in [0.4, 0.5) is 4.39 Å². The number of rotatable bonds is 4. The summed E-state index contributed by atoms with van der Waals surface area (Å²) < 4.78 is 21.2. The average molecular weight is 287 g/mol. The second-order valence-corrected chi connectivity index (χ2v) is 5.57. The van der Waals surface area contributed by atoms with Crippen LogP contribution in [-0.2, 0) is 37.2 Å². The SMILES string of the molecule is CCc1c2c(n(Cc3ccc(F)cc3)c1CC)CCOC2. The number of halogens is 1. The fourth-order valence-corrected chi connectivity index (χ4v) is 3.42. The Hall–Kier alpha value is -1.61. The molecule has 0 unspecified atom stereocenters. The zero-order chi connectivity index (χ0) is 14.8. The predicted molar refractivity (Wildman–Crippen MR) is 82.1 cm³/mol. The van der Waals surface area contributed by atoms with Crippen LogP contribution in [0.3, 0.4) is 0 Å². The van der Waals surface area contributed by atoms with Crippen molar-refractivity contribution in [3.05, 3.63) is 58.2 Å². The summed E-state index contributed by atoms with van der Waals surface area (Å²) in [6.45, 7) is 6.79. The van der Waals surface area contributed by atoms with Gasteiger partial charge in [0.05, 0.1) is 13.2 Å². The smallest absolute Gasteiger partial charge is 0.123 e. The molecule has 2 aromatic rings. The van der Waals surface area contributed by atoms with Gasteiger partial charge < -0.3 is 9.30 Å². The predicted octanol–water partition coefficient (Wildman–Crippen LogP) is 3.87. The first-order valence-corrected chi connectivity index (χ1v) is 7.78. The molecule has 0 saturated heterocycles. The molecule has 0 atom stereocenters. The Morgan fingerprint density at radius 3 is 2.57 bits per heavy atom. The van der Waals surface area contributed by atoms with E-state index < -0.39 is 0 Å². The summed E-state index contributed by atoms with van der Waals surface area (Å²) in [6, 6.07) is 6.85. The Balaban J connectivity index is 2.04. The zero-order valence-electron chi connectivity index (χ0n) is 12.8. The molecular formula is C18H22FNO. The van der Waals surface area contributed by atoms with Crippen molar-refractivity contribution in [3.63, 3.8) is 0 Å². The van der Waals surface area contributed by atoms with Crippen LogP contribution < -0.4 is 0 Å². The van der Waals surface area contributed by atoms with Crippen molar-refractivity contribution in [3.8, 4) is 0 Å². The molecule has 1 aliphatic rings. The molecule has 3 heteroatoms. The van der Waals surface area contributed by atoms with E-state index in [1.54, 1.807) is 12.1 Å². The highest BCUT2D eigenvalue weighted by Crippen LogP contribution is 2.29. The van der Waals surface area contributed by atoms with Gasteiger partial charge in [-0.1, -0.05) is 26.0 Å². The van der Waals surface area contributed by atoms with E-state index in [0.29, 0.717) is 0 Å². The lowest BCUT2D eigenvalue weighted by molar-refractivity contribution is 0.108. The summed E-state index contributed by atoms with van der Waals surface area (Å²) in [5.74, 6) is -0.174. The summed E-state index contributed by atoms with van der Waals surface area (Å²) in [6.07, 6.45) is 3.05. The second-order valence-electron chi connectivity index (χ2n) is 5.57. The maximum atomic E-state index is 13.1. The summed E-state index contributed by atoms with van der Waals surface area (Å²) in [7, 11) is 0. The number of nitrogens with zero attached hydrogens (tertiary/aromatic N) is 1. The third-order valence-corrected chi connectivity index (χ3v) is 4.38. The Morgan fingerprint density at radius 2 is 1.90 bits per heavy atom. The van der Waals surface area contributed by atoms with Gasteiger partial charge in [-0.3, -0.25) is 0 Å². The van der Waals surface area contributed by atoms with E-state index in [1.807, 2.05) is 12.1 Å². The van der Waals surface area contributed by atoms with E-state index in [0.717, 1.165) is 44.6 Å². The Morgan fingerprint density at radius 1 is 1.14 bits per heavy atom. The largest absolute Gasteiger partial charge is 0.376 e. The third kappa shape index (κ3) is 2.62. The van der Waals surface area contributed by atoms with Crippen molar-refractivity contribution < 1.29 is 9.13 Å².